The van der Waals surface area contributed by atoms with Gasteiger partial charge in [0.2, 0.25) is 15.9 Å². The van der Waals surface area contributed by atoms with E-state index in [0.717, 1.165) is 5.56 Å². The minimum atomic E-state index is -3.47. The van der Waals surface area contributed by atoms with Crippen molar-refractivity contribution >= 4 is 15.9 Å². The van der Waals surface area contributed by atoms with Crippen LogP contribution in [0.15, 0.2) is 29.2 Å². The van der Waals surface area contributed by atoms with Crippen LogP contribution >= 0.6 is 0 Å². The van der Waals surface area contributed by atoms with Crippen molar-refractivity contribution in [3.63, 3.8) is 0 Å². The zero-order chi connectivity index (χ0) is 19.5. The summed E-state index contributed by atoms with van der Waals surface area (Å²) in [6, 6.07) is 7.26. The molecule has 1 aliphatic rings. The summed E-state index contributed by atoms with van der Waals surface area (Å²) in [6.07, 6.45) is 1.82. The Hall–Kier alpha value is -1.40. The number of benzene rings is 1. The number of sulfonamides is 1. The number of piperidine rings is 1. The first kappa shape index (κ1) is 20.9. The lowest BCUT2D eigenvalue weighted by Crippen LogP contribution is -2.46. The van der Waals surface area contributed by atoms with Gasteiger partial charge in [-0.25, -0.2) is 8.42 Å². The van der Waals surface area contributed by atoms with Crippen LogP contribution in [0.3, 0.4) is 0 Å². The van der Waals surface area contributed by atoms with Gasteiger partial charge in [-0.1, -0.05) is 46.8 Å². The van der Waals surface area contributed by atoms with Gasteiger partial charge >= 0.3 is 0 Å². The van der Waals surface area contributed by atoms with Crippen molar-refractivity contribution in [2.24, 2.45) is 5.92 Å². The molecule has 1 aromatic rings. The van der Waals surface area contributed by atoms with Crippen molar-refractivity contribution < 1.29 is 13.2 Å². The molecule has 0 aromatic heterocycles. The van der Waals surface area contributed by atoms with Crippen LogP contribution in [0.1, 0.15) is 59.4 Å². The zero-order valence-electron chi connectivity index (χ0n) is 16.6. The van der Waals surface area contributed by atoms with Crippen LogP contribution in [0.4, 0.5) is 0 Å². The Morgan fingerprint density at radius 1 is 1.15 bits per heavy atom. The highest BCUT2D eigenvalue weighted by Gasteiger charge is 2.30. The lowest BCUT2D eigenvalue weighted by atomic mass is 9.87. The molecule has 5 nitrogen and oxygen atoms in total. The molecule has 0 radical (unpaired) electrons. The molecule has 1 amide bonds. The van der Waals surface area contributed by atoms with E-state index < -0.39 is 10.0 Å². The first-order valence-corrected chi connectivity index (χ1v) is 10.8. The van der Waals surface area contributed by atoms with Crippen LogP contribution in [-0.2, 0) is 20.2 Å². The third-order valence-electron chi connectivity index (χ3n) is 4.77. The molecular formula is C20H32N2O3S. The van der Waals surface area contributed by atoms with Gasteiger partial charge in [0.05, 0.1) is 4.90 Å². The quantitative estimate of drug-likeness (QED) is 0.852. The number of rotatable bonds is 5. The molecule has 0 unspecified atom stereocenters. The van der Waals surface area contributed by atoms with E-state index in [-0.39, 0.29) is 17.4 Å². The van der Waals surface area contributed by atoms with E-state index in [4.69, 9.17) is 0 Å². The molecule has 0 bridgehead atoms. The van der Waals surface area contributed by atoms with Crippen LogP contribution in [-0.4, -0.2) is 37.8 Å². The minimum absolute atomic E-state index is 0.00513. The summed E-state index contributed by atoms with van der Waals surface area (Å²) >= 11 is 0. The fraction of sp³-hybridized carbons (Fsp3) is 0.650. The highest BCUT2D eigenvalue weighted by Crippen LogP contribution is 2.26. The van der Waals surface area contributed by atoms with E-state index in [0.29, 0.717) is 43.2 Å². The third kappa shape index (κ3) is 5.30. The zero-order valence-corrected chi connectivity index (χ0v) is 17.4. The van der Waals surface area contributed by atoms with Gasteiger partial charge in [0.25, 0.3) is 0 Å². The monoisotopic (exact) mass is 380 g/mol. The number of nitrogens with one attached hydrogen (secondary N) is 1. The molecule has 0 spiro atoms. The number of carbonyl (C=O) groups is 1. The molecule has 0 aliphatic carbocycles. The molecule has 0 atom stereocenters. The van der Waals surface area contributed by atoms with Gasteiger partial charge in [0.15, 0.2) is 0 Å². The summed E-state index contributed by atoms with van der Waals surface area (Å²) in [6.45, 7) is 11.2. The predicted octanol–water partition coefficient (Wildman–Crippen LogP) is 3.30. The topological polar surface area (TPSA) is 66.5 Å². The van der Waals surface area contributed by atoms with Gasteiger partial charge in [-0.3, -0.25) is 4.79 Å². The normalized spacial score (nSPS) is 17.5. The number of carbonyl (C=O) groups excluding carboxylic acids is 1. The Balaban J connectivity index is 1.98. The fourth-order valence-electron chi connectivity index (χ4n) is 3.17. The molecule has 1 heterocycles. The van der Waals surface area contributed by atoms with Gasteiger partial charge in [0, 0.05) is 25.6 Å². The van der Waals surface area contributed by atoms with Gasteiger partial charge < -0.3 is 5.32 Å². The average molecular weight is 381 g/mol. The first-order chi connectivity index (χ1) is 12.0. The Kier molecular flexibility index (Phi) is 6.51. The number of amides is 1. The van der Waals surface area contributed by atoms with Crippen molar-refractivity contribution in [2.45, 2.75) is 70.2 Å². The minimum Gasteiger partial charge on any atom is -0.353 e. The summed E-state index contributed by atoms with van der Waals surface area (Å²) in [7, 11) is -3.47. The maximum absolute atomic E-state index is 12.9. The largest absolute Gasteiger partial charge is 0.353 e. The highest BCUT2D eigenvalue weighted by molar-refractivity contribution is 7.89. The van der Waals surface area contributed by atoms with Crippen LogP contribution in [0.5, 0.6) is 0 Å². The van der Waals surface area contributed by atoms with Gasteiger partial charge in [-0.05, 0) is 41.9 Å². The van der Waals surface area contributed by atoms with Crippen LogP contribution in [0.2, 0.25) is 0 Å². The Morgan fingerprint density at radius 2 is 1.69 bits per heavy atom. The van der Waals surface area contributed by atoms with E-state index in [1.165, 1.54) is 4.31 Å². The Morgan fingerprint density at radius 3 is 2.15 bits per heavy atom. The number of hydrogen-bond acceptors (Lipinski definition) is 3. The predicted molar refractivity (Wildman–Crippen MR) is 105 cm³/mol. The van der Waals surface area contributed by atoms with Crippen LogP contribution in [0, 0.1) is 5.92 Å². The number of hydrogen-bond donors (Lipinski definition) is 1. The molecule has 1 saturated heterocycles. The maximum Gasteiger partial charge on any atom is 0.243 e. The van der Waals surface area contributed by atoms with E-state index >= 15 is 0 Å². The standard InChI is InChI=1S/C20H32N2O3S/c1-15(2)14-19(23)21-17-10-12-22(13-11-17)26(24,25)18-8-6-16(7-9-18)20(3,4)5/h6-9,15,17H,10-14H2,1-5H3,(H,21,23). The van der Waals surface area contributed by atoms with E-state index in [1.54, 1.807) is 12.1 Å². The molecule has 146 valence electrons. The second kappa shape index (κ2) is 8.09. The lowest BCUT2D eigenvalue weighted by molar-refractivity contribution is -0.122. The molecule has 2 rings (SSSR count). The Bertz CT molecular complexity index is 710. The Labute approximate surface area is 158 Å². The van der Waals surface area contributed by atoms with Crippen molar-refractivity contribution in [3.05, 3.63) is 29.8 Å². The second-order valence-corrected chi connectivity index (χ2v) is 10.6. The SMILES string of the molecule is CC(C)CC(=O)NC1CCN(S(=O)(=O)c2ccc(C(C)(C)C)cc2)CC1. The summed E-state index contributed by atoms with van der Waals surface area (Å²) in [5.74, 6) is 0.380. The molecule has 0 saturated carbocycles. The van der Waals surface area contributed by atoms with Crippen LogP contribution < -0.4 is 5.32 Å². The van der Waals surface area contributed by atoms with E-state index in [2.05, 4.69) is 26.1 Å². The molecule has 26 heavy (non-hydrogen) atoms. The smallest absolute Gasteiger partial charge is 0.243 e. The van der Waals surface area contributed by atoms with Gasteiger partial charge in [-0.15, -0.1) is 0 Å². The van der Waals surface area contributed by atoms with E-state index in [9.17, 15) is 13.2 Å². The summed E-state index contributed by atoms with van der Waals surface area (Å²) in [5, 5.41) is 3.03. The summed E-state index contributed by atoms with van der Waals surface area (Å²) < 4.78 is 27.3. The molecule has 6 heteroatoms. The van der Waals surface area contributed by atoms with Crippen molar-refractivity contribution in [1.82, 2.24) is 9.62 Å². The fourth-order valence-corrected chi connectivity index (χ4v) is 4.64. The second-order valence-electron chi connectivity index (χ2n) is 8.62. The van der Waals surface area contributed by atoms with Crippen molar-refractivity contribution in [2.75, 3.05) is 13.1 Å². The van der Waals surface area contributed by atoms with E-state index in [1.807, 2.05) is 26.0 Å². The van der Waals surface area contributed by atoms with Gasteiger partial charge in [0.1, 0.15) is 0 Å². The maximum atomic E-state index is 12.9. The van der Waals surface area contributed by atoms with Crippen molar-refractivity contribution in [1.29, 1.82) is 0 Å². The molecule has 1 fully saturated rings. The molecule has 1 aromatic carbocycles. The first-order valence-electron chi connectivity index (χ1n) is 9.40. The molecular weight excluding hydrogens is 348 g/mol. The highest BCUT2D eigenvalue weighted by atomic mass is 32.2. The van der Waals surface area contributed by atoms with Crippen molar-refractivity contribution in [3.8, 4) is 0 Å². The summed E-state index contributed by atoms with van der Waals surface area (Å²) in [5.41, 5.74) is 1.11. The van der Waals surface area contributed by atoms with Gasteiger partial charge in [-0.2, -0.15) is 4.31 Å². The molecule has 1 N–H and O–H groups in total. The molecule has 1 aliphatic heterocycles. The lowest BCUT2D eigenvalue weighted by Gasteiger charge is -2.32. The van der Waals surface area contributed by atoms with Crippen LogP contribution in [0.25, 0.3) is 0 Å². The average Bonchev–Trinajstić information content (AvgIpc) is 2.54. The number of nitrogens with zero attached hydrogens (tertiary/aromatic N) is 1. The third-order valence-corrected chi connectivity index (χ3v) is 6.68. The summed E-state index contributed by atoms with van der Waals surface area (Å²) in [4.78, 5) is 12.2.